The fourth-order valence-corrected chi connectivity index (χ4v) is 1.93. The van der Waals surface area contributed by atoms with Crippen LogP contribution in [0.4, 0.5) is 0 Å². The van der Waals surface area contributed by atoms with E-state index < -0.39 is 0 Å². The van der Waals surface area contributed by atoms with Crippen LogP contribution in [-0.2, 0) is 0 Å². The van der Waals surface area contributed by atoms with Gasteiger partial charge in [0, 0.05) is 6.61 Å². The molecule has 0 amide bonds. The number of aliphatic hydroxyl groups excluding tert-OH is 1. The molecule has 1 fully saturated rings. The number of hydrogen-bond donors (Lipinski definition) is 1. The standard InChI is InChI=1S/C9H18O.C2H6/c1-9(7-8-10)5-3-2-4-6-9;1-2/h10H,2-8H2,1H3;1-2H3. The maximum Gasteiger partial charge on any atom is 0.0436 e. The van der Waals surface area contributed by atoms with Crippen molar-refractivity contribution in [1.29, 1.82) is 0 Å². The second kappa shape index (κ2) is 6.47. The van der Waals surface area contributed by atoms with Crippen LogP contribution in [0.5, 0.6) is 0 Å². The molecule has 12 heavy (non-hydrogen) atoms. The van der Waals surface area contributed by atoms with E-state index in [-0.39, 0.29) is 0 Å². The summed E-state index contributed by atoms with van der Waals surface area (Å²) < 4.78 is 0. The van der Waals surface area contributed by atoms with E-state index in [9.17, 15) is 0 Å². The van der Waals surface area contributed by atoms with Gasteiger partial charge in [0.1, 0.15) is 0 Å². The molecule has 0 saturated heterocycles. The summed E-state index contributed by atoms with van der Waals surface area (Å²) in [4.78, 5) is 0. The highest BCUT2D eigenvalue weighted by Crippen LogP contribution is 2.38. The van der Waals surface area contributed by atoms with Crippen molar-refractivity contribution < 1.29 is 5.11 Å². The Kier molecular flexibility index (Phi) is 6.45. The molecule has 74 valence electrons. The van der Waals surface area contributed by atoms with E-state index in [4.69, 9.17) is 5.11 Å². The summed E-state index contributed by atoms with van der Waals surface area (Å²) in [6, 6.07) is 0. The summed E-state index contributed by atoms with van der Waals surface area (Å²) in [5.74, 6) is 0. The van der Waals surface area contributed by atoms with Crippen LogP contribution < -0.4 is 0 Å². The lowest BCUT2D eigenvalue weighted by molar-refractivity contribution is 0.148. The van der Waals surface area contributed by atoms with Crippen molar-refractivity contribution in [3.05, 3.63) is 0 Å². The minimum atomic E-state index is 0.372. The molecule has 1 heteroatoms. The van der Waals surface area contributed by atoms with Gasteiger partial charge in [0.15, 0.2) is 0 Å². The first kappa shape index (κ1) is 12.0. The van der Waals surface area contributed by atoms with Crippen LogP contribution in [0.3, 0.4) is 0 Å². The number of rotatable bonds is 2. The Balaban J connectivity index is 0.000000561. The normalized spacial score (nSPS) is 21.0. The van der Waals surface area contributed by atoms with Crippen molar-refractivity contribution in [2.45, 2.75) is 59.3 Å². The van der Waals surface area contributed by atoms with Gasteiger partial charge in [-0.15, -0.1) is 0 Å². The lowest BCUT2D eigenvalue weighted by Crippen LogP contribution is -2.21. The van der Waals surface area contributed by atoms with Crippen molar-refractivity contribution in [2.75, 3.05) is 6.61 Å². The van der Waals surface area contributed by atoms with Gasteiger partial charge in [-0.25, -0.2) is 0 Å². The second-order valence-electron chi connectivity index (χ2n) is 3.84. The zero-order chi connectivity index (χ0) is 9.45. The van der Waals surface area contributed by atoms with Crippen LogP contribution in [0.15, 0.2) is 0 Å². The van der Waals surface area contributed by atoms with E-state index in [0.717, 1.165) is 6.42 Å². The van der Waals surface area contributed by atoms with E-state index in [0.29, 0.717) is 12.0 Å². The van der Waals surface area contributed by atoms with Crippen LogP contribution in [0, 0.1) is 5.41 Å². The van der Waals surface area contributed by atoms with Gasteiger partial charge in [-0.3, -0.25) is 0 Å². The highest BCUT2D eigenvalue weighted by molar-refractivity contribution is 4.77. The average Bonchev–Trinajstić information content (AvgIpc) is 2.09. The van der Waals surface area contributed by atoms with Gasteiger partial charge in [-0.1, -0.05) is 40.0 Å². The molecular formula is C11H24O. The molecule has 0 radical (unpaired) electrons. The third-order valence-corrected chi connectivity index (χ3v) is 2.78. The predicted octanol–water partition coefficient (Wildman–Crippen LogP) is 3.37. The first-order valence-corrected chi connectivity index (χ1v) is 5.38. The van der Waals surface area contributed by atoms with Crippen molar-refractivity contribution in [1.82, 2.24) is 0 Å². The van der Waals surface area contributed by atoms with E-state index >= 15 is 0 Å². The van der Waals surface area contributed by atoms with Crippen molar-refractivity contribution in [3.8, 4) is 0 Å². The first-order chi connectivity index (χ1) is 5.77. The third-order valence-electron chi connectivity index (χ3n) is 2.78. The SMILES string of the molecule is CC.CC1(CCO)CCCCC1. The van der Waals surface area contributed by atoms with Crippen LogP contribution in [0.25, 0.3) is 0 Å². The Morgan fingerprint density at radius 1 is 1.08 bits per heavy atom. The number of hydrogen-bond acceptors (Lipinski definition) is 1. The van der Waals surface area contributed by atoms with Gasteiger partial charge in [0.25, 0.3) is 0 Å². The summed E-state index contributed by atoms with van der Waals surface area (Å²) in [7, 11) is 0. The maximum absolute atomic E-state index is 8.78. The van der Waals surface area contributed by atoms with Gasteiger partial charge in [-0.05, 0) is 24.7 Å². The molecule has 0 aromatic carbocycles. The zero-order valence-electron chi connectivity index (χ0n) is 8.90. The quantitative estimate of drug-likeness (QED) is 0.677. The van der Waals surface area contributed by atoms with Gasteiger partial charge in [-0.2, -0.15) is 0 Å². The highest BCUT2D eigenvalue weighted by Gasteiger charge is 2.25. The molecule has 0 spiro atoms. The molecule has 1 nitrogen and oxygen atoms in total. The molecule has 0 unspecified atom stereocenters. The molecule has 1 N–H and O–H groups in total. The molecule has 1 aliphatic carbocycles. The van der Waals surface area contributed by atoms with Gasteiger partial charge >= 0.3 is 0 Å². The molecular weight excluding hydrogens is 148 g/mol. The van der Waals surface area contributed by atoms with Gasteiger partial charge in [0.05, 0.1) is 0 Å². The van der Waals surface area contributed by atoms with Gasteiger partial charge in [0.2, 0.25) is 0 Å². The molecule has 0 atom stereocenters. The molecule has 1 rings (SSSR count). The summed E-state index contributed by atoms with van der Waals surface area (Å²) in [6.07, 6.45) is 7.81. The Labute approximate surface area is 77.2 Å². The van der Waals surface area contributed by atoms with Crippen LogP contribution >= 0.6 is 0 Å². The summed E-state index contributed by atoms with van der Waals surface area (Å²) >= 11 is 0. The van der Waals surface area contributed by atoms with Crippen LogP contribution in [-0.4, -0.2) is 11.7 Å². The summed E-state index contributed by atoms with van der Waals surface area (Å²) in [5.41, 5.74) is 0.479. The van der Waals surface area contributed by atoms with E-state index in [1.165, 1.54) is 32.1 Å². The lowest BCUT2D eigenvalue weighted by Gasteiger charge is -2.32. The Morgan fingerprint density at radius 2 is 1.58 bits per heavy atom. The molecule has 0 aliphatic heterocycles. The van der Waals surface area contributed by atoms with Gasteiger partial charge < -0.3 is 5.11 Å². The summed E-state index contributed by atoms with van der Waals surface area (Å²) in [5, 5.41) is 8.78. The third kappa shape index (κ3) is 4.10. The second-order valence-corrected chi connectivity index (χ2v) is 3.84. The molecule has 1 saturated carbocycles. The molecule has 0 aromatic heterocycles. The molecule has 0 bridgehead atoms. The maximum atomic E-state index is 8.78. The molecule has 0 aromatic rings. The van der Waals surface area contributed by atoms with Crippen molar-refractivity contribution in [3.63, 3.8) is 0 Å². The first-order valence-electron chi connectivity index (χ1n) is 5.38. The fourth-order valence-electron chi connectivity index (χ4n) is 1.93. The average molecular weight is 172 g/mol. The fraction of sp³-hybridized carbons (Fsp3) is 1.00. The summed E-state index contributed by atoms with van der Waals surface area (Å²) in [6.45, 7) is 6.68. The largest absolute Gasteiger partial charge is 0.396 e. The Morgan fingerprint density at radius 3 is 2.00 bits per heavy atom. The lowest BCUT2D eigenvalue weighted by atomic mass is 9.74. The van der Waals surface area contributed by atoms with Crippen molar-refractivity contribution >= 4 is 0 Å². The minimum absolute atomic E-state index is 0.372. The Bertz CT molecular complexity index is 87.7. The van der Waals surface area contributed by atoms with Crippen LogP contribution in [0.2, 0.25) is 0 Å². The monoisotopic (exact) mass is 172 g/mol. The topological polar surface area (TPSA) is 20.2 Å². The molecule has 1 aliphatic rings. The zero-order valence-corrected chi connectivity index (χ0v) is 8.90. The Hall–Kier alpha value is -0.0400. The van der Waals surface area contributed by atoms with Crippen LogP contribution in [0.1, 0.15) is 59.3 Å². The molecule has 0 heterocycles. The van der Waals surface area contributed by atoms with E-state index in [1.54, 1.807) is 0 Å². The van der Waals surface area contributed by atoms with E-state index in [2.05, 4.69) is 6.92 Å². The van der Waals surface area contributed by atoms with E-state index in [1.807, 2.05) is 13.8 Å². The predicted molar refractivity (Wildman–Crippen MR) is 54.2 cm³/mol. The highest BCUT2D eigenvalue weighted by atomic mass is 16.3. The minimum Gasteiger partial charge on any atom is -0.396 e. The van der Waals surface area contributed by atoms with Crippen molar-refractivity contribution in [2.24, 2.45) is 5.41 Å². The smallest absolute Gasteiger partial charge is 0.0436 e. The number of aliphatic hydroxyl groups is 1.